The van der Waals surface area contributed by atoms with Gasteiger partial charge in [0.1, 0.15) is 5.75 Å². The number of aryl methyl sites for hydroxylation is 1. The monoisotopic (exact) mass is 361 g/mol. The molecule has 2 aromatic rings. The van der Waals surface area contributed by atoms with Crippen molar-refractivity contribution >= 4 is 11.9 Å². The van der Waals surface area contributed by atoms with Crippen molar-refractivity contribution in [3.05, 3.63) is 59.4 Å². The highest BCUT2D eigenvalue weighted by atomic mass is 19.1. The third-order valence-corrected chi connectivity index (χ3v) is 3.47. The third-order valence-electron chi connectivity index (χ3n) is 3.47. The molecule has 0 radical (unpaired) electrons. The number of carboxylic acid groups (broad SMARTS) is 1. The molecule has 0 fully saturated rings. The number of halogens is 1. The van der Waals surface area contributed by atoms with Crippen LogP contribution in [0.25, 0.3) is 0 Å². The molecule has 0 unspecified atom stereocenters. The Labute approximate surface area is 150 Å². The van der Waals surface area contributed by atoms with Crippen molar-refractivity contribution in [1.29, 1.82) is 0 Å². The van der Waals surface area contributed by atoms with E-state index in [0.717, 1.165) is 11.1 Å². The van der Waals surface area contributed by atoms with Gasteiger partial charge in [0.25, 0.3) is 5.91 Å². The van der Waals surface area contributed by atoms with Gasteiger partial charge < -0.3 is 19.9 Å². The summed E-state index contributed by atoms with van der Waals surface area (Å²) in [5.74, 6) is -1.36. The highest BCUT2D eigenvalue weighted by molar-refractivity contribution is 5.77. The molecule has 0 saturated heterocycles. The van der Waals surface area contributed by atoms with Crippen LogP contribution in [0.3, 0.4) is 0 Å². The lowest BCUT2D eigenvalue weighted by atomic mass is 10.1. The maximum Gasteiger partial charge on any atom is 0.341 e. The molecule has 0 aliphatic rings. The fourth-order valence-corrected chi connectivity index (χ4v) is 2.16. The zero-order valence-electron chi connectivity index (χ0n) is 14.3. The number of carbonyl (C=O) groups excluding carboxylic acids is 1. The second kappa shape index (κ2) is 9.41. The first-order valence-corrected chi connectivity index (χ1v) is 8.03. The van der Waals surface area contributed by atoms with Gasteiger partial charge in [0.05, 0.1) is 0 Å². The van der Waals surface area contributed by atoms with Crippen LogP contribution >= 0.6 is 0 Å². The van der Waals surface area contributed by atoms with Crippen LogP contribution in [0.5, 0.6) is 11.5 Å². The first-order chi connectivity index (χ1) is 12.4. The first kappa shape index (κ1) is 19.2. The molecule has 2 aromatic carbocycles. The van der Waals surface area contributed by atoms with Crippen molar-refractivity contribution in [1.82, 2.24) is 5.32 Å². The summed E-state index contributed by atoms with van der Waals surface area (Å²) < 4.78 is 23.8. The molecule has 0 heterocycles. The minimum atomic E-state index is -1.04. The van der Waals surface area contributed by atoms with Gasteiger partial charge in [0.15, 0.2) is 24.8 Å². The minimum Gasteiger partial charge on any atom is -0.482 e. The van der Waals surface area contributed by atoms with Crippen molar-refractivity contribution in [3.8, 4) is 11.5 Å². The van der Waals surface area contributed by atoms with Gasteiger partial charge in [-0.1, -0.05) is 18.2 Å². The summed E-state index contributed by atoms with van der Waals surface area (Å²) >= 11 is 0. The number of carboxylic acids is 1. The van der Waals surface area contributed by atoms with E-state index in [9.17, 15) is 14.0 Å². The number of nitrogens with one attached hydrogen (secondary N) is 1. The number of hydrogen-bond acceptors (Lipinski definition) is 4. The quantitative estimate of drug-likeness (QED) is 0.716. The van der Waals surface area contributed by atoms with Crippen LogP contribution in [0.15, 0.2) is 42.5 Å². The molecule has 2 rings (SSSR count). The van der Waals surface area contributed by atoms with E-state index in [-0.39, 0.29) is 18.3 Å². The maximum atomic E-state index is 13.5. The lowest BCUT2D eigenvalue weighted by Gasteiger charge is -2.09. The second-order valence-electron chi connectivity index (χ2n) is 5.65. The third kappa shape index (κ3) is 6.43. The lowest BCUT2D eigenvalue weighted by molar-refractivity contribution is -0.139. The predicted octanol–water partition coefficient (Wildman–Crippen LogP) is 2.34. The van der Waals surface area contributed by atoms with E-state index in [1.54, 1.807) is 30.3 Å². The van der Waals surface area contributed by atoms with Crippen molar-refractivity contribution in [3.63, 3.8) is 0 Å². The summed E-state index contributed by atoms with van der Waals surface area (Å²) in [6.07, 6.45) is 0.587. The van der Waals surface area contributed by atoms with Crippen LogP contribution in [-0.2, 0) is 16.0 Å². The fourth-order valence-electron chi connectivity index (χ4n) is 2.16. The summed E-state index contributed by atoms with van der Waals surface area (Å²) in [7, 11) is 0. The van der Waals surface area contributed by atoms with Crippen LogP contribution < -0.4 is 14.8 Å². The molecule has 0 spiro atoms. The average Bonchev–Trinajstić information content (AvgIpc) is 2.61. The Morgan fingerprint density at radius 3 is 2.50 bits per heavy atom. The van der Waals surface area contributed by atoms with Crippen LogP contribution in [0.1, 0.15) is 11.1 Å². The van der Waals surface area contributed by atoms with Crippen LogP contribution in [-0.4, -0.2) is 36.7 Å². The van der Waals surface area contributed by atoms with E-state index < -0.39 is 18.4 Å². The molecule has 26 heavy (non-hydrogen) atoms. The van der Waals surface area contributed by atoms with E-state index in [1.165, 1.54) is 12.1 Å². The number of benzene rings is 2. The number of hydrogen-bond donors (Lipinski definition) is 2. The topological polar surface area (TPSA) is 84.9 Å². The van der Waals surface area contributed by atoms with Gasteiger partial charge in [-0.3, -0.25) is 4.79 Å². The first-order valence-electron chi connectivity index (χ1n) is 8.03. The van der Waals surface area contributed by atoms with Gasteiger partial charge in [-0.2, -0.15) is 0 Å². The largest absolute Gasteiger partial charge is 0.482 e. The smallest absolute Gasteiger partial charge is 0.341 e. The van der Waals surface area contributed by atoms with Gasteiger partial charge in [-0.25, -0.2) is 9.18 Å². The summed E-state index contributed by atoms with van der Waals surface area (Å²) in [6.45, 7) is 1.55. The normalized spacial score (nSPS) is 10.2. The molecule has 7 heteroatoms. The molecule has 0 aliphatic heterocycles. The molecule has 0 aliphatic carbocycles. The molecular weight excluding hydrogens is 341 g/mol. The van der Waals surface area contributed by atoms with Crippen molar-refractivity contribution in [2.45, 2.75) is 13.3 Å². The summed E-state index contributed by atoms with van der Waals surface area (Å²) in [6, 6.07) is 11.4. The minimum absolute atomic E-state index is 0.0529. The molecule has 2 N–H and O–H groups in total. The van der Waals surface area contributed by atoms with Crippen molar-refractivity contribution in [2.24, 2.45) is 0 Å². The van der Waals surface area contributed by atoms with Gasteiger partial charge >= 0.3 is 5.97 Å². The van der Waals surface area contributed by atoms with Gasteiger partial charge in [-0.05, 0) is 48.7 Å². The highest BCUT2D eigenvalue weighted by Crippen LogP contribution is 2.18. The fraction of sp³-hybridized carbons (Fsp3) is 0.263. The standard InChI is InChI=1S/C19H20FNO5/c1-13-2-7-16(20)17(10-13)26-11-18(22)21-9-8-14-3-5-15(6-4-14)25-12-19(23)24/h2-7,10H,8-9,11-12H2,1H3,(H,21,22)(H,23,24). The van der Waals surface area contributed by atoms with Crippen molar-refractivity contribution in [2.75, 3.05) is 19.8 Å². The molecule has 6 nitrogen and oxygen atoms in total. The molecule has 138 valence electrons. The number of ether oxygens (including phenoxy) is 2. The lowest BCUT2D eigenvalue weighted by Crippen LogP contribution is -2.30. The Kier molecular flexibility index (Phi) is 6.96. The Hall–Kier alpha value is -3.09. The molecule has 0 bridgehead atoms. The van der Waals surface area contributed by atoms with Crippen LogP contribution in [0, 0.1) is 12.7 Å². The molecule has 0 atom stereocenters. The van der Waals surface area contributed by atoms with E-state index in [0.29, 0.717) is 18.7 Å². The zero-order chi connectivity index (χ0) is 18.9. The Morgan fingerprint density at radius 1 is 1.08 bits per heavy atom. The van der Waals surface area contributed by atoms with Crippen molar-refractivity contribution < 1.29 is 28.6 Å². The van der Waals surface area contributed by atoms with Crippen LogP contribution in [0.2, 0.25) is 0 Å². The average molecular weight is 361 g/mol. The number of rotatable bonds is 9. The Balaban J connectivity index is 1.71. The predicted molar refractivity (Wildman–Crippen MR) is 92.9 cm³/mol. The Morgan fingerprint density at radius 2 is 1.81 bits per heavy atom. The summed E-state index contributed by atoms with van der Waals surface area (Å²) in [5, 5.41) is 11.2. The zero-order valence-corrected chi connectivity index (χ0v) is 14.3. The maximum absolute atomic E-state index is 13.5. The van der Waals surface area contributed by atoms with E-state index >= 15 is 0 Å². The molecule has 0 saturated carbocycles. The number of carbonyl (C=O) groups is 2. The summed E-state index contributed by atoms with van der Waals surface area (Å²) in [5.41, 5.74) is 1.80. The molecular formula is C19H20FNO5. The van der Waals surface area contributed by atoms with Gasteiger partial charge in [0, 0.05) is 6.54 Å². The second-order valence-corrected chi connectivity index (χ2v) is 5.65. The number of amides is 1. The van der Waals surface area contributed by atoms with E-state index in [4.69, 9.17) is 14.6 Å². The van der Waals surface area contributed by atoms with Gasteiger partial charge in [-0.15, -0.1) is 0 Å². The van der Waals surface area contributed by atoms with E-state index in [2.05, 4.69) is 5.32 Å². The Bertz CT molecular complexity index is 761. The molecule has 1 amide bonds. The summed E-state index contributed by atoms with van der Waals surface area (Å²) in [4.78, 5) is 22.2. The SMILES string of the molecule is Cc1ccc(F)c(OCC(=O)NCCc2ccc(OCC(=O)O)cc2)c1. The number of aliphatic carboxylic acids is 1. The van der Waals surface area contributed by atoms with E-state index in [1.807, 2.05) is 6.92 Å². The molecule has 0 aromatic heterocycles. The highest BCUT2D eigenvalue weighted by Gasteiger charge is 2.07. The van der Waals surface area contributed by atoms with Crippen LogP contribution in [0.4, 0.5) is 4.39 Å². The van der Waals surface area contributed by atoms with Gasteiger partial charge in [0.2, 0.25) is 0 Å².